The van der Waals surface area contributed by atoms with Crippen molar-refractivity contribution in [3.8, 4) is 0 Å². The van der Waals surface area contributed by atoms with Crippen molar-refractivity contribution in [2.75, 3.05) is 0 Å². The molecule has 2 N–H and O–H groups in total. The summed E-state index contributed by atoms with van der Waals surface area (Å²) in [5, 5.41) is 1.13. The molecule has 0 heterocycles. The zero-order valence-electron chi connectivity index (χ0n) is 5.77. The second-order valence-electron chi connectivity index (χ2n) is 2.15. The Morgan fingerprint density at radius 3 is 2.45 bits per heavy atom. The van der Waals surface area contributed by atoms with Crippen LogP contribution in [0, 0.1) is 0 Å². The van der Waals surface area contributed by atoms with Gasteiger partial charge in [-0.15, -0.1) is 0 Å². The summed E-state index contributed by atoms with van der Waals surface area (Å²) < 4.78 is 0. The quantitative estimate of drug-likeness (QED) is 0.720. The molecule has 0 radical (unpaired) electrons. The lowest BCUT2D eigenvalue weighted by Gasteiger charge is -2.01. The highest BCUT2D eigenvalue weighted by Crippen LogP contribution is 2.23. The molecule has 0 atom stereocenters. The van der Waals surface area contributed by atoms with Crippen LogP contribution in [0.15, 0.2) is 24.8 Å². The van der Waals surface area contributed by atoms with Gasteiger partial charge in [0.2, 0.25) is 0 Å². The molecule has 0 unspecified atom stereocenters. The van der Waals surface area contributed by atoms with Gasteiger partial charge >= 0.3 is 0 Å². The number of benzene rings is 1. The first-order valence-electron chi connectivity index (χ1n) is 3.01. The van der Waals surface area contributed by atoms with Crippen molar-refractivity contribution < 1.29 is 0 Å². The second kappa shape index (κ2) is 3.16. The monoisotopic (exact) mass is 187 g/mol. The van der Waals surface area contributed by atoms with E-state index in [0.717, 1.165) is 5.56 Å². The molecule has 1 aromatic carbocycles. The average Bonchev–Trinajstić information content (AvgIpc) is 1.85. The third-order valence-electron chi connectivity index (χ3n) is 1.28. The van der Waals surface area contributed by atoms with E-state index in [-0.39, 0.29) is 0 Å². The van der Waals surface area contributed by atoms with E-state index in [1.54, 1.807) is 18.2 Å². The van der Waals surface area contributed by atoms with Gasteiger partial charge in [0.25, 0.3) is 0 Å². The first-order valence-corrected chi connectivity index (χ1v) is 3.76. The minimum atomic E-state index is 0.451. The molecule has 1 aromatic rings. The number of nitrogens with two attached hydrogens (primary N) is 1. The van der Waals surface area contributed by atoms with Gasteiger partial charge in [-0.25, -0.2) is 0 Å². The summed E-state index contributed by atoms with van der Waals surface area (Å²) in [5.41, 5.74) is 6.63. The Bertz CT molecular complexity index is 294. The van der Waals surface area contributed by atoms with Crippen molar-refractivity contribution in [1.82, 2.24) is 0 Å². The largest absolute Gasteiger partial charge is 0.399 e. The minimum absolute atomic E-state index is 0.451. The molecule has 1 rings (SSSR count). The molecule has 11 heavy (non-hydrogen) atoms. The molecule has 0 aliphatic carbocycles. The van der Waals surface area contributed by atoms with Crippen molar-refractivity contribution in [3.05, 3.63) is 40.4 Å². The lowest BCUT2D eigenvalue weighted by atomic mass is 10.2. The third-order valence-corrected chi connectivity index (χ3v) is 1.82. The zero-order chi connectivity index (χ0) is 8.43. The van der Waals surface area contributed by atoms with Crippen LogP contribution in [0.2, 0.25) is 10.0 Å². The predicted octanol–water partition coefficient (Wildman–Crippen LogP) is 2.92. The number of hydrogen-bond acceptors (Lipinski definition) is 1. The zero-order valence-corrected chi connectivity index (χ0v) is 7.28. The molecule has 0 saturated carbocycles. The molecular weight excluding hydrogens is 181 g/mol. The summed E-state index contributed by atoms with van der Waals surface area (Å²) in [4.78, 5) is 0. The smallest absolute Gasteiger partial charge is 0.0513 e. The Balaban J connectivity index is 3.20. The van der Waals surface area contributed by atoms with E-state index in [1.165, 1.54) is 0 Å². The highest BCUT2D eigenvalue weighted by molar-refractivity contribution is 6.35. The van der Waals surface area contributed by atoms with E-state index in [2.05, 4.69) is 6.58 Å². The molecule has 0 aliphatic rings. The van der Waals surface area contributed by atoms with Gasteiger partial charge in [-0.1, -0.05) is 29.8 Å². The van der Waals surface area contributed by atoms with E-state index in [0.29, 0.717) is 15.7 Å². The van der Waals surface area contributed by atoms with Gasteiger partial charge in [-0.2, -0.15) is 0 Å². The summed E-state index contributed by atoms with van der Waals surface area (Å²) in [6.07, 6.45) is 0. The fourth-order valence-corrected chi connectivity index (χ4v) is 1.28. The molecule has 0 saturated heterocycles. The average molecular weight is 188 g/mol. The maximum absolute atomic E-state index is 5.80. The summed E-state index contributed by atoms with van der Waals surface area (Å²) in [6, 6.07) is 5.10. The van der Waals surface area contributed by atoms with Crippen LogP contribution >= 0.6 is 23.2 Å². The first-order chi connectivity index (χ1) is 5.11. The van der Waals surface area contributed by atoms with E-state index >= 15 is 0 Å². The van der Waals surface area contributed by atoms with Crippen LogP contribution in [-0.4, -0.2) is 0 Å². The SMILES string of the molecule is C=C(N)c1ccc(Cl)cc1Cl. The van der Waals surface area contributed by atoms with Crippen LogP contribution < -0.4 is 5.73 Å². The molecule has 0 amide bonds. The molecule has 1 nitrogen and oxygen atoms in total. The summed E-state index contributed by atoms with van der Waals surface area (Å²) in [6.45, 7) is 3.57. The van der Waals surface area contributed by atoms with Crippen molar-refractivity contribution in [1.29, 1.82) is 0 Å². The molecule has 58 valence electrons. The van der Waals surface area contributed by atoms with Gasteiger partial charge in [0, 0.05) is 16.3 Å². The minimum Gasteiger partial charge on any atom is -0.399 e. The summed E-state index contributed by atoms with van der Waals surface area (Å²) in [5.74, 6) is 0. The second-order valence-corrected chi connectivity index (χ2v) is 2.99. The van der Waals surface area contributed by atoms with E-state index < -0.39 is 0 Å². The Hall–Kier alpha value is -0.660. The van der Waals surface area contributed by atoms with Crippen molar-refractivity contribution in [2.24, 2.45) is 5.73 Å². The van der Waals surface area contributed by atoms with Crippen LogP contribution in [0.1, 0.15) is 5.56 Å². The van der Waals surface area contributed by atoms with Crippen molar-refractivity contribution in [2.45, 2.75) is 0 Å². The number of hydrogen-bond donors (Lipinski definition) is 1. The van der Waals surface area contributed by atoms with Crippen LogP contribution in [0.4, 0.5) is 0 Å². The van der Waals surface area contributed by atoms with Gasteiger partial charge in [0.1, 0.15) is 0 Å². The third kappa shape index (κ3) is 1.88. The Morgan fingerprint density at radius 2 is 2.00 bits per heavy atom. The fourth-order valence-electron chi connectivity index (χ4n) is 0.750. The van der Waals surface area contributed by atoms with Crippen molar-refractivity contribution >= 4 is 28.9 Å². The van der Waals surface area contributed by atoms with Crippen LogP contribution in [0.3, 0.4) is 0 Å². The molecule has 0 aliphatic heterocycles. The van der Waals surface area contributed by atoms with E-state index in [4.69, 9.17) is 28.9 Å². The molecule has 0 fully saturated rings. The normalized spacial score (nSPS) is 9.64. The predicted molar refractivity (Wildman–Crippen MR) is 49.7 cm³/mol. The maximum Gasteiger partial charge on any atom is 0.0513 e. The van der Waals surface area contributed by atoms with E-state index in [9.17, 15) is 0 Å². The van der Waals surface area contributed by atoms with Crippen LogP contribution in [0.25, 0.3) is 5.70 Å². The van der Waals surface area contributed by atoms with Gasteiger partial charge < -0.3 is 5.73 Å². The first kappa shape index (κ1) is 8.44. The Kier molecular flexibility index (Phi) is 2.42. The highest BCUT2D eigenvalue weighted by atomic mass is 35.5. The van der Waals surface area contributed by atoms with Gasteiger partial charge in [0.15, 0.2) is 0 Å². The number of rotatable bonds is 1. The van der Waals surface area contributed by atoms with E-state index in [1.807, 2.05) is 0 Å². The lowest BCUT2D eigenvalue weighted by Crippen LogP contribution is -1.94. The van der Waals surface area contributed by atoms with Gasteiger partial charge in [0.05, 0.1) is 5.02 Å². The topological polar surface area (TPSA) is 26.0 Å². The fraction of sp³-hybridized carbons (Fsp3) is 0. The molecule has 0 aromatic heterocycles. The molecule has 0 bridgehead atoms. The molecular formula is C8H7Cl2N. The standard InChI is InChI=1S/C8H7Cl2N/c1-5(11)7-3-2-6(9)4-8(7)10/h2-4H,1,11H2. The molecule has 0 spiro atoms. The Morgan fingerprint density at radius 1 is 1.36 bits per heavy atom. The summed E-state index contributed by atoms with van der Waals surface area (Å²) in [7, 11) is 0. The van der Waals surface area contributed by atoms with Gasteiger partial charge in [-0.3, -0.25) is 0 Å². The highest BCUT2D eigenvalue weighted by Gasteiger charge is 2.00. The lowest BCUT2D eigenvalue weighted by molar-refractivity contribution is 1.53. The molecule has 3 heteroatoms. The summed E-state index contributed by atoms with van der Waals surface area (Å²) >= 11 is 11.5. The Labute approximate surface area is 75.4 Å². The van der Waals surface area contributed by atoms with Crippen LogP contribution in [0.5, 0.6) is 0 Å². The maximum atomic E-state index is 5.80. The van der Waals surface area contributed by atoms with Gasteiger partial charge in [-0.05, 0) is 18.2 Å². The van der Waals surface area contributed by atoms with Crippen molar-refractivity contribution in [3.63, 3.8) is 0 Å². The van der Waals surface area contributed by atoms with Crippen LogP contribution in [-0.2, 0) is 0 Å². The number of halogens is 2.